The molecule has 2 nitrogen and oxygen atoms in total. The fourth-order valence-electron chi connectivity index (χ4n) is 3.08. The zero-order valence-corrected chi connectivity index (χ0v) is 8.38. The van der Waals surface area contributed by atoms with Gasteiger partial charge in [-0.05, 0) is 40.0 Å². The minimum atomic E-state index is 0.319. The summed E-state index contributed by atoms with van der Waals surface area (Å²) in [6.45, 7) is 6.91. The van der Waals surface area contributed by atoms with Crippen molar-refractivity contribution in [2.24, 2.45) is 5.73 Å². The zero-order chi connectivity index (χ0) is 8.93. The molecule has 2 heterocycles. The fraction of sp³-hybridized carbons (Fsp3) is 1.00. The van der Waals surface area contributed by atoms with Gasteiger partial charge in [0.25, 0.3) is 0 Å². The van der Waals surface area contributed by atoms with Gasteiger partial charge in [0.2, 0.25) is 0 Å². The molecule has 3 atom stereocenters. The van der Waals surface area contributed by atoms with E-state index in [1.807, 2.05) is 0 Å². The van der Waals surface area contributed by atoms with E-state index >= 15 is 0 Å². The van der Waals surface area contributed by atoms with Crippen molar-refractivity contribution in [3.05, 3.63) is 0 Å². The minimum absolute atomic E-state index is 0.319. The molecule has 0 aromatic rings. The number of fused-ring (bicyclic) bond motifs is 2. The van der Waals surface area contributed by atoms with Gasteiger partial charge in [0, 0.05) is 23.7 Å². The maximum absolute atomic E-state index is 6.07. The standard InChI is InChI=1S/C10H20N2/c1-10(2,3)12-7-4-5-9(12)8(11)6-7/h7-9H,4-6,11H2,1-3H3. The van der Waals surface area contributed by atoms with Crippen molar-refractivity contribution in [2.75, 3.05) is 0 Å². The molecule has 2 fully saturated rings. The van der Waals surface area contributed by atoms with Gasteiger partial charge in [-0.25, -0.2) is 0 Å². The van der Waals surface area contributed by atoms with Gasteiger partial charge < -0.3 is 5.73 Å². The molecule has 2 aliphatic heterocycles. The molecule has 2 N–H and O–H groups in total. The lowest BCUT2D eigenvalue weighted by molar-refractivity contribution is 0.114. The summed E-state index contributed by atoms with van der Waals surface area (Å²) < 4.78 is 0. The highest BCUT2D eigenvalue weighted by molar-refractivity contribution is 5.06. The second-order valence-electron chi connectivity index (χ2n) is 5.28. The Bertz CT molecular complexity index is 183. The highest BCUT2D eigenvalue weighted by Gasteiger charge is 2.48. The van der Waals surface area contributed by atoms with Crippen LogP contribution < -0.4 is 5.73 Å². The van der Waals surface area contributed by atoms with E-state index in [1.165, 1.54) is 19.3 Å². The second kappa shape index (κ2) is 2.46. The van der Waals surface area contributed by atoms with E-state index in [1.54, 1.807) is 0 Å². The summed E-state index contributed by atoms with van der Waals surface area (Å²) in [5.74, 6) is 0. The predicted molar refractivity (Wildman–Crippen MR) is 51.0 cm³/mol. The van der Waals surface area contributed by atoms with E-state index in [4.69, 9.17) is 5.73 Å². The Hall–Kier alpha value is -0.0800. The van der Waals surface area contributed by atoms with Crippen molar-refractivity contribution in [3.63, 3.8) is 0 Å². The first-order valence-corrected chi connectivity index (χ1v) is 5.04. The van der Waals surface area contributed by atoms with Gasteiger partial charge in [0.05, 0.1) is 0 Å². The molecule has 2 rings (SSSR count). The summed E-state index contributed by atoms with van der Waals surface area (Å²) in [4.78, 5) is 2.64. The molecule has 2 saturated heterocycles. The lowest BCUT2D eigenvalue weighted by Crippen LogP contribution is -2.47. The SMILES string of the molecule is CC(C)(C)N1C2CCC1C(N)C2. The first-order valence-electron chi connectivity index (χ1n) is 5.04. The van der Waals surface area contributed by atoms with E-state index in [-0.39, 0.29) is 0 Å². The van der Waals surface area contributed by atoms with Crippen molar-refractivity contribution in [2.45, 2.75) is 63.7 Å². The molecule has 2 bridgehead atoms. The highest BCUT2D eigenvalue weighted by Crippen LogP contribution is 2.41. The third kappa shape index (κ3) is 1.09. The van der Waals surface area contributed by atoms with Crippen LogP contribution in [-0.4, -0.2) is 28.6 Å². The molecule has 2 aliphatic rings. The largest absolute Gasteiger partial charge is 0.326 e. The van der Waals surface area contributed by atoms with E-state index < -0.39 is 0 Å². The molecule has 0 aromatic carbocycles. The normalized spacial score (nSPS) is 42.5. The number of nitrogens with zero attached hydrogens (tertiary/aromatic N) is 1. The Morgan fingerprint density at radius 3 is 2.17 bits per heavy atom. The van der Waals surface area contributed by atoms with Gasteiger partial charge in [-0.1, -0.05) is 0 Å². The molecular weight excluding hydrogens is 148 g/mol. The minimum Gasteiger partial charge on any atom is -0.326 e. The Labute approximate surface area is 75.1 Å². The Morgan fingerprint density at radius 1 is 1.25 bits per heavy atom. The first-order chi connectivity index (χ1) is 5.50. The van der Waals surface area contributed by atoms with Crippen LogP contribution in [0.5, 0.6) is 0 Å². The van der Waals surface area contributed by atoms with E-state index in [0.29, 0.717) is 17.6 Å². The van der Waals surface area contributed by atoms with Crippen LogP contribution in [0.2, 0.25) is 0 Å². The molecule has 0 saturated carbocycles. The van der Waals surface area contributed by atoms with Gasteiger partial charge in [0.15, 0.2) is 0 Å². The van der Waals surface area contributed by atoms with Crippen molar-refractivity contribution < 1.29 is 0 Å². The van der Waals surface area contributed by atoms with Gasteiger partial charge in [-0.15, -0.1) is 0 Å². The number of hydrogen-bond donors (Lipinski definition) is 1. The fourth-order valence-corrected chi connectivity index (χ4v) is 3.08. The van der Waals surface area contributed by atoms with Gasteiger partial charge >= 0.3 is 0 Å². The van der Waals surface area contributed by atoms with Crippen LogP contribution in [0.1, 0.15) is 40.0 Å². The lowest BCUT2D eigenvalue weighted by Gasteiger charge is -2.36. The third-order valence-electron chi connectivity index (χ3n) is 3.36. The third-order valence-corrected chi connectivity index (χ3v) is 3.36. The van der Waals surface area contributed by atoms with Crippen LogP contribution in [0, 0.1) is 0 Å². The molecular formula is C10H20N2. The van der Waals surface area contributed by atoms with Crippen LogP contribution in [0.3, 0.4) is 0 Å². The highest BCUT2D eigenvalue weighted by atomic mass is 15.3. The molecule has 12 heavy (non-hydrogen) atoms. The zero-order valence-electron chi connectivity index (χ0n) is 8.38. The van der Waals surface area contributed by atoms with Crippen LogP contribution >= 0.6 is 0 Å². The van der Waals surface area contributed by atoms with Gasteiger partial charge in [0.1, 0.15) is 0 Å². The monoisotopic (exact) mass is 168 g/mol. The molecule has 70 valence electrons. The maximum atomic E-state index is 6.07. The molecule has 0 spiro atoms. The first kappa shape index (κ1) is 8.52. The second-order valence-corrected chi connectivity index (χ2v) is 5.28. The molecule has 2 heteroatoms. The van der Waals surface area contributed by atoms with Crippen molar-refractivity contribution >= 4 is 0 Å². The van der Waals surface area contributed by atoms with Crippen molar-refractivity contribution in [1.29, 1.82) is 0 Å². The summed E-state index contributed by atoms with van der Waals surface area (Å²) in [7, 11) is 0. The van der Waals surface area contributed by atoms with Crippen LogP contribution in [0.4, 0.5) is 0 Å². The average Bonchev–Trinajstić information content (AvgIpc) is 2.39. The Morgan fingerprint density at radius 2 is 1.92 bits per heavy atom. The summed E-state index contributed by atoms with van der Waals surface area (Å²) >= 11 is 0. The maximum Gasteiger partial charge on any atom is 0.0256 e. The van der Waals surface area contributed by atoms with Gasteiger partial charge in [-0.3, -0.25) is 4.90 Å². The topological polar surface area (TPSA) is 29.3 Å². The summed E-state index contributed by atoms with van der Waals surface area (Å²) in [6.07, 6.45) is 3.92. The average molecular weight is 168 g/mol. The van der Waals surface area contributed by atoms with E-state index in [9.17, 15) is 0 Å². The lowest BCUT2D eigenvalue weighted by atomic mass is 9.96. The van der Waals surface area contributed by atoms with Crippen LogP contribution in [0.25, 0.3) is 0 Å². The van der Waals surface area contributed by atoms with E-state index in [0.717, 1.165) is 6.04 Å². The molecule has 3 unspecified atom stereocenters. The Kier molecular flexibility index (Phi) is 1.74. The predicted octanol–water partition coefficient (Wildman–Crippen LogP) is 1.35. The number of nitrogens with two attached hydrogens (primary N) is 1. The Balaban J connectivity index is 2.19. The summed E-state index contributed by atoms with van der Waals surface area (Å²) in [5.41, 5.74) is 6.38. The molecule has 0 aromatic heterocycles. The van der Waals surface area contributed by atoms with Crippen LogP contribution in [0.15, 0.2) is 0 Å². The van der Waals surface area contributed by atoms with Crippen molar-refractivity contribution in [3.8, 4) is 0 Å². The van der Waals surface area contributed by atoms with Gasteiger partial charge in [-0.2, -0.15) is 0 Å². The van der Waals surface area contributed by atoms with Crippen LogP contribution in [-0.2, 0) is 0 Å². The number of rotatable bonds is 0. The number of hydrogen-bond acceptors (Lipinski definition) is 2. The molecule has 0 amide bonds. The quantitative estimate of drug-likeness (QED) is 0.591. The molecule has 0 aliphatic carbocycles. The molecule has 0 radical (unpaired) electrons. The van der Waals surface area contributed by atoms with E-state index in [2.05, 4.69) is 25.7 Å². The summed E-state index contributed by atoms with van der Waals surface area (Å²) in [6, 6.07) is 1.91. The van der Waals surface area contributed by atoms with Crippen molar-refractivity contribution in [1.82, 2.24) is 4.90 Å². The summed E-state index contributed by atoms with van der Waals surface area (Å²) in [5, 5.41) is 0. The smallest absolute Gasteiger partial charge is 0.0256 e.